The van der Waals surface area contributed by atoms with Gasteiger partial charge in [0.25, 0.3) is 5.91 Å². The maximum atomic E-state index is 13.6. The molecule has 1 fully saturated rings. The Bertz CT molecular complexity index is 1030. The Morgan fingerprint density at radius 3 is 2.44 bits per heavy atom. The second-order valence-corrected chi connectivity index (χ2v) is 9.01. The standard InChI is InChI=1S/C26H31FN4O3/c1-29(2)22-11-7-19(8-12-22)16-30(18-23-4-3-15-34-23)26(33)24-13-14-25(32)31(28-24)17-20-5-9-21(27)10-6-20/h5-12,23H,3-4,13-18H2,1-2H3. The van der Waals surface area contributed by atoms with E-state index in [0.29, 0.717) is 31.8 Å². The third-order valence-electron chi connectivity index (χ3n) is 6.16. The number of hydrazone groups is 1. The quantitative estimate of drug-likeness (QED) is 0.597. The number of carbonyl (C=O) groups excluding carboxylic acids is 2. The molecule has 1 saturated heterocycles. The van der Waals surface area contributed by atoms with Crippen LogP contribution in [0.2, 0.25) is 0 Å². The summed E-state index contributed by atoms with van der Waals surface area (Å²) in [6.45, 7) is 1.84. The van der Waals surface area contributed by atoms with Crippen molar-refractivity contribution in [2.75, 3.05) is 32.1 Å². The summed E-state index contributed by atoms with van der Waals surface area (Å²) in [6, 6.07) is 14.1. The van der Waals surface area contributed by atoms with Gasteiger partial charge in [0.2, 0.25) is 5.91 Å². The van der Waals surface area contributed by atoms with E-state index >= 15 is 0 Å². The molecule has 0 bridgehead atoms. The van der Waals surface area contributed by atoms with E-state index in [1.165, 1.54) is 17.1 Å². The molecule has 2 amide bonds. The van der Waals surface area contributed by atoms with Crippen molar-refractivity contribution >= 4 is 23.2 Å². The van der Waals surface area contributed by atoms with Crippen LogP contribution in [0.3, 0.4) is 0 Å². The van der Waals surface area contributed by atoms with E-state index < -0.39 is 0 Å². The first kappa shape index (κ1) is 23.9. The van der Waals surface area contributed by atoms with Crippen LogP contribution in [0.15, 0.2) is 53.6 Å². The summed E-state index contributed by atoms with van der Waals surface area (Å²) < 4.78 is 19.0. The third-order valence-corrected chi connectivity index (χ3v) is 6.16. The van der Waals surface area contributed by atoms with Crippen molar-refractivity contribution in [1.82, 2.24) is 9.91 Å². The molecule has 2 heterocycles. The largest absolute Gasteiger partial charge is 0.378 e. The summed E-state index contributed by atoms with van der Waals surface area (Å²) in [5, 5.41) is 5.74. The minimum absolute atomic E-state index is 0.00568. The van der Waals surface area contributed by atoms with Crippen molar-refractivity contribution in [2.24, 2.45) is 5.10 Å². The summed E-state index contributed by atoms with van der Waals surface area (Å²) in [5.74, 6) is -0.661. The predicted octanol–water partition coefficient (Wildman–Crippen LogP) is 3.58. The Balaban J connectivity index is 1.52. The molecule has 1 unspecified atom stereocenters. The zero-order valence-corrected chi connectivity index (χ0v) is 19.7. The molecule has 0 N–H and O–H groups in total. The van der Waals surface area contributed by atoms with E-state index in [0.717, 1.165) is 29.7 Å². The van der Waals surface area contributed by atoms with Gasteiger partial charge in [0.1, 0.15) is 11.5 Å². The summed E-state index contributed by atoms with van der Waals surface area (Å²) in [6.07, 6.45) is 2.44. The van der Waals surface area contributed by atoms with E-state index in [9.17, 15) is 14.0 Å². The van der Waals surface area contributed by atoms with E-state index in [1.54, 1.807) is 17.0 Å². The molecule has 0 aromatic heterocycles. The fourth-order valence-electron chi connectivity index (χ4n) is 4.20. The van der Waals surface area contributed by atoms with Gasteiger partial charge in [-0.15, -0.1) is 0 Å². The highest BCUT2D eigenvalue weighted by Gasteiger charge is 2.30. The van der Waals surface area contributed by atoms with E-state index in [2.05, 4.69) is 5.10 Å². The summed E-state index contributed by atoms with van der Waals surface area (Å²) >= 11 is 0. The zero-order chi connectivity index (χ0) is 24.1. The fraction of sp³-hybridized carbons (Fsp3) is 0.423. The maximum absolute atomic E-state index is 13.6. The average Bonchev–Trinajstić information content (AvgIpc) is 3.34. The molecule has 1 atom stereocenters. The van der Waals surface area contributed by atoms with Crippen LogP contribution in [-0.4, -0.2) is 60.8 Å². The summed E-state index contributed by atoms with van der Waals surface area (Å²) in [4.78, 5) is 29.8. The molecule has 7 nitrogen and oxygen atoms in total. The molecule has 0 aliphatic carbocycles. The normalized spacial score (nSPS) is 18.1. The van der Waals surface area contributed by atoms with E-state index in [4.69, 9.17) is 4.74 Å². The lowest BCUT2D eigenvalue weighted by Gasteiger charge is -2.29. The summed E-state index contributed by atoms with van der Waals surface area (Å²) in [7, 11) is 3.98. The van der Waals surface area contributed by atoms with Crippen molar-refractivity contribution in [1.29, 1.82) is 0 Å². The Morgan fingerprint density at radius 2 is 1.79 bits per heavy atom. The maximum Gasteiger partial charge on any atom is 0.270 e. The number of anilines is 1. The van der Waals surface area contributed by atoms with Crippen LogP contribution in [-0.2, 0) is 27.4 Å². The minimum atomic E-state index is -0.337. The van der Waals surface area contributed by atoms with Crippen LogP contribution in [0, 0.1) is 5.82 Å². The van der Waals surface area contributed by atoms with Gasteiger partial charge in [0.05, 0.1) is 12.6 Å². The molecule has 180 valence electrons. The number of halogens is 1. The van der Waals surface area contributed by atoms with Crippen LogP contribution in [0.25, 0.3) is 0 Å². The second-order valence-electron chi connectivity index (χ2n) is 9.01. The van der Waals surface area contributed by atoms with Gasteiger partial charge in [-0.2, -0.15) is 5.10 Å². The van der Waals surface area contributed by atoms with Gasteiger partial charge in [-0.3, -0.25) is 9.59 Å². The van der Waals surface area contributed by atoms with E-state index in [-0.39, 0.29) is 36.7 Å². The fourth-order valence-corrected chi connectivity index (χ4v) is 4.20. The molecule has 4 rings (SSSR count). The van der Waals surface area contributed by atoms with Crippen LogP contribution in [0.5, 0.6) is 0 Å². The van der Waals surface area contributed by atoms with Gasteiger partial charge in [0.15, 0.2) is 0 Å². The summed E-state index contributed by atoms with van der Waals surface area (Å²) in [5.41, 5.74) is 3.23. The number of benzene rings is 2. The van der Waals surface area contributed by atoms with Gasteiger partial charge < -0.3 is 14.5 Å². The SMILES string of the molecule is CN(C)c1ccc(CN(CC2CCCO2)C(=O)C2=NN(Cc3ccc(F)cc3)C(=O)CC2)cc1. The van der Waals surface area contributed by atoms with Gasteiger partial charge in [0, 0.05) is 52.3 Å². The lowest BCUT2D eigenvalue weighted by atomic mass is 10.1. The second kappa shape index (κ2) is 10.8. The molecule has 2 aromatic rings. The third kappa shape index (κ3) is 5.99. The van der Waals surface area contributed by atoms with Crippen LogP contribution in [0.4, 0.5) is 10.1 Å². The lowest BCUT2D eigenvalue weighted by Crippen LogP contribution is -2.43. The first-order valence-electron chi connectivity index (χ1n) is 11.7. The van der Waals surface area contributed by atoms with Crippen LogP contribution < -0.4 is 4.90 Å². The Labute approximate surface area is 199 Å². The molecular formula is C26H31FN4O3. The Hall–Kier alpha value is -3.26. The topological polar surface area (TPSA) is 65.5 Å². The van der Waals surface area contributed by atoms with E-state index in [1.807, 2.05) is 43.3 Å². The van der Waals surface area contributed by atoms with Gasteiger partial charge in [-0.05, 0) is 48.2 Å². The highest BCUT2D eigenvalue weighted by Crippen LogP contribution is 2.20. The number of carbonyl (C=O) groups is 2. The van der Waals surface area contributed by atoms with Gasteiger partial charge in [-0.1, -0.05) is 24.3 Å². The molecule has 34 heavy (non-hydrogen) atoms. The molecule has 2 aromatic carbocycles. The van der Waals surface area contributed by atoms with Gasteiger partial charge >= 0.3 is 0 Å². The molecule has 8 heteroatoms. The van der Waals surface area contributed by atoms with Crippen molar-refractivity contribution in [3.8, 4) is 0 Å². The minimum Gasteiger partial charge on any atom is -0.378 e. The highest BCUT2D eigenvalue weighted by molar-refractivity contribution is 6.39. The van der Waals surface area contributed by atoms with Crippen LogP contribution >= 0.6 is 0 Å². The van der Waals surface area contributed by atoms with Crippen LogP contribution in [0.1, 0.15) is 36.8 Å². The van der Waals surface area contributed by atoms with Crippen molar-refractivity contribution in [3.63, 3.8) is 0 Å². The molecule has 2 aliphatic rings. The Kier molecular flexibility index (Phi) is 7.57. The first-order chi connectivity index (χ1) is 16.4. The monoisotopic (exact) mass is 466 g/mol. The number of ether oxygens (including phenoxy) is 1. The smallest absolute Gasteiger partial charge is 0.270 e. The van der Waals surface area contributed by atoms with Gasteiger partial charge in [-0.25, -0.2) is 9.40 Å². The van der Waals surface area contributed by atoms with Crippen molar-refractivity contribution in [2.45, 2.75) is 44.9 Å². The predicted molar refractivity (Wildman–Crippen MR) is 129 cm³/mol. The highest BCUT2D eigenvalue weighted by atomic mass is 19.1. The average molecular weight is 467 g/mol. The zero-order valence-electron chi connectivity index (χ0n) is 19.7. The molecular weight excluding hydrogens is 435 g/mol. The Morgan fingerprint density at radius 1 is 1.09 bits per heavy atom. The number of amides is 2. The number of rotatable bonds is 8. The lowest BCUT2D eigenvalue weighted by molar-refractivity contribution is -0.133. The molecule has 0 spiro atoms. The number of hydrogen-bond acceptors (Lipinski definition) is 5. The molecule has 0 saturated carbocycles. The molecule has 2 aliphatic heterocycles. The number of nitrogens with zero attached hydrogens (tertiary/aromatic N) is 4. The first-order valence-corrected chi connectivity index (χ1v) is 11.7. The van der Waals surface area contributed by atoms with Crippen molar-refractivity contribution < 1.29 is 18.7 Å². The number of hydrogen-bond donors (Lipinski definition) is 0. The van der Waals surface area contributed by atoms with Crippen molar-refractivity contribution in [3.05, 3.63) is 65.5 Å². The molecule has 0 radical (unpaired) electrons.